The number of rotatable bonds is 4. The summed E-state index contributed by atoms with van der Waals surface area (Å²) in [5.41, 5.74) is 2.82. The summed E-state index contributed by atoms with van der Waals surface area (Å²) in [5, 5.41) is 4.74. The Morgan fingerprint density at radius 2 is 2.22 bits per heavy atom. The molecule has 0 saturated carbocycles. The average Bonchev–Trinajstić information content (AvgIpc) is 2.60. The third kappa shape index (κ3) is 3.86. The summed E-state index contributed by atoms with van der Waals surface area (Å²) in [6.07, 6.45) is 2.47. The minimum absolute atomic E-state index is 0.260. The van der Waals surface area contributed by atoms with Gasteiger partial charge in [-0.25, -0.2) is 4.98 Å². The highest BCUT2D eigenvalue weighted by molar-refractivity contribution is 7.98. The summed E-state index contributed by atoms with van der Waals surface area (Å²) < 4.78 is 5.40. The van der Waals surface area contributed by atoms with Crippen molar-refractivity contribution in [3.8, 4) is 0 Å². The van der Waals surface area contributed by atoms with Gasteiger partial charge in [-0.1, -0.05) is 41.9 Å². The van der Waals surface area contributed by atoms with E-state index in [1.54, 1.807) is 11.8 Å². The first-order valence-electron chi connectivity index (χ1n) is 7.33. The molecule has 0 amide bonds. The van der Waals surface area contributed by atoms with Crippen LogP contribution in [0.5, 0.6) is 0 Å². The molecule has 1 unspecified atom stereocenters. The van der Waals surface area contributed by atoms with Crippen molar-refractivity contribution in [1.82, 2.24) is 10.3 Å². The van der Waals surface area contributed by atoms with Crippen molar-refractivity contribution in [2.75, 3.05) is 6.26 Å². The van der Waals surface area contributed by atoms with E-state index in [-0.39, 0.29) is 18.6 Å². The van der Waals surface area contributed by atoms with E-state index in [0.29, 0.717) is 18.0 Å². The van der Waals surface area contributed by atoms with Crippen LogP contribution in [0.15, 0.2) is 41.4 Å². The summed E-state index contributed by atoms with van der Waals surface area (Å²) in [4.78, 5) is 16.8. The zero-order chi connectivity index (χ0) is 16.2. The van der Waals surface area contributed by atoms with E-state index < -0.39 is 0 Å². The third-order valence-electron chi connectivity index (χ3n) is 3.77. The van der Waals surface area contributed by atoms with Gasteiger partial charge in [0.05, 0.1) is 10.7 Å². The van der Waals surface area contributed by atoms with Gasteiger partial charge in [-0.2, -0.15) is 0 Å². The molecule has 3 rings (SSSR count). The highest BCUT2D eigenvalue weighted by Gasteiger charge is 2.28. The van der Waals surface area contributed by atoms with Crippen molar-refractivity contribution in [1.29, 1.82) is 0 Å². The van der Waals surface area contributed by atoms with E-state index in [2.05, 4.69) is 10.3 Å². The molecule has 1 N–H and O–H groups in total. The van der Waals surface area contributed by atoms with Gasteiger partial charge in [0.25, 0.3) is 0 Å². The Hall–Kier alpha value is -1.56. The number of carbonyl (C=O) groups excluding carboxylic acids is 1. The van der Waals surface area contributed by atoms with Crippen molar-refractivity contribution >= 4 is 29.3 Å². The minimum atomic E-state index is -0.384. The molecule has 0 spiro atoms. The number of nitrogens with one attached hydrogen (secondary N) is 1. The zero-order valence-electron chi connectivity index (χ0n) is 12.7. The fourth-order valence-electron chi connectivity index (χ4n) is 2.52. The Labute approximate surface area is 144 Å². The Kier molecular flexibility index (Phi) is 5.20. The molecule has 6 heteroatoms. The molecule has 0 bridgehead atoms. The molecule has 0 fully saturated rings. The quantitative estimate of drug-likeness (QED) is 0.679. The maximum Gasteiger partial charge on any atom is 0.323 e. The predicted octanol–water partition coefficient (Wildman–Crippen LogP) is 3.21. The molecule has 120 valence electrons. The molecular formula is C17H17ClN2O2S. The van der Waals surface area contributed by atoms with Crippen LogP contribution < -0.4 is 5.32 Å². The van der Waals surface area contributed by atoms with Gasteiger partial charge in [-0.3, -0.25) is 10.1 Å². The Morgan fingerprint density at radius 3 is 2.96 bits per heavy atom. The number of benzene rings is 1. The number of thioether (sulfide) groups is 1. The van der Waals surface area contributed by atoms with Crippen LogP contribution in [0.3, 0.4) is 0 Å². The first-order chi connectivity index (χ1) is 11.2. The molecule has 1 aliphatic heterocycles. The molecule has 0 aliphatic carbocycles. The van der Waals surface area contributed by atoms with Crippen LogP contribution in [0.2, 0.25) is 5.02 Å². The first-order valence-corrected chi connectivity index (χ1v) is 8.94. The lowest BCUT2D eigenvalue weighted by Crippen LogP contribution is -2.43. The van der Waals surface area contributed by atoms with Crippen LogP contribution in [0.1, 0.15) is 16.8 Å². The number of halogens is 1. The zero-order valence-corrected chi connectivity index (χ0v) is 14.3. The van der Waals surface area contributed by atoms with E-state index in [4.69, 9.17) is 16.3 Å². The molecule has 2 aromatic rings. The molecule has 0 saturated heterocycles. The van der Waals surface area contributed by atoms with E-state index in [9.17, 15) is 4.79 Å². The van der Waals surface area contributed by atoms with Crippen LogP contribution in [0.25, 0.3) is 0 Å². The van der Waals surface area contributed by atoms with Gasteiger partial charge in [-0.15, -0.1) is 11.8 Å². The molecule has 1 aliphatic rings. The highest BCUT2D eigenvalue weighted by atomic mass is 35.5. The number of esters is 1. The summed E-state index contributed by atoms with van der Waals surface area (Å²) in [7, 11) is 0. The minimum Gasteiger partial charge on any atom is -0.460 e. The molecule has 1 aromatic heterocycles. The number of carbonyl (C=O) groups is 1. The Morgan fingerprint density at radius 1 is 1.43 bits per heavy atom. The van der Waals surface area contributed by atoms with Crippen molar-refractivity contribution in [3.63, 3.8) is 0 Å². The number of hydrogen-bond donors (Lipinski definition) is 1. The number of nitrogens with zero attached hydrogens (tertiary/aromatic N) is 1. The topological polar surface area (TPSA) is 51.2 Å². The van der Waals surface area contributed by atoms with E-state index >= 15 is 0 Å². The van der Waals surface area contributed by atoms with Gasteiger partial charge in [0.2, 0.25) is 0 Å². The number of pyridine rings is 1. The second-order valence-corrected chi connectivity index (χ2v) is 6.54. The first kappa shape index (κ1) is 16.3. The van der Waals surface area contributed by atoms with Crippen LogP contribution in [0.4, 0.5) is 0 Å². The SMILES string of the molecule is CSc1cc(Cl)c2c(n1)CNC(C(=O)OCc1ccccc1)C2. The highest BCUT2D eigenvalue weighted by Crippen LogP contribution is 2.28. The molecular weight excluding hydrogens is 332 g/mol. The Bertz CT molecular complexity index is 709. The lowest BCUT2D eigenvalue weighted by Gasteiger charge is -2.25. The summed E-state index contributed by atoms with van der Waals surface area (Å²) >= 11 is 7.89. The normalized spacial score (nSPS) is 16.7. The van der Waals surface area contributed by atoms with Crippen LogP contribution in [-0.2, 0) is 29.1 Å². The van der Waals surface area contributed by atoms with E-state index in [1.807, 2.05) is 42.7 Å². The molecule has 4 nitrogen and oxygen atoms in total. The van der Waals surface area contributed by atoms with Crippen LogP contribution in [-0.4, -0.2) is 23.3 Å². The van der Waals surface area contributed by atoms with Crippen molar-refractivity contribution in [2.45, 2.75) is 30.6 Å². The van der Waals surface area contributed by atoms with Gasteiger partial charge in [0.1, 0.15) is 12.6 Å². The van der Waals surface area contributed by atoms with Gasteiger partial charge >= 0.3 is 5.97 Å². The largest absolute Gasteiger partial charge is 0.460 e. The number of ether oxygens (including phenoxy) is 1. The number of fused-ring (bicyclic) bond motifs is 1. The van der Waals surface area contributed by atoms with Crippen molar-refractivity contribution in [3.05, 3.63) is 58.2 Å². The summed E-state index contributed by atoms with van der Waals surface area (Å²) in [6.45, 7) is 0.802. The average molecular weight is 349 g/mol. The maximum atomic E-state index is 12.3. The van der Waals surface area contributed by atoms with Crippen LogP contribution in [0, 0.1) is 0 Å². The monoisotopic (exact) mass is 348 g/mol. The lowest BCUT2D eigenvalue weighted by molar-refractivity contribution is -0.147. The number of hydrogen-bond acceptors (Lipinski definition) is 5. The third-order valence-corrected chi connectivity index (χ3v) is 4.74. The molecule has 1 aromatic carbocycles. The lowest BCUT2D eigenvalue weighted by atomic mass is 10.00. The Balaban J connectivity index is 1.66. The van der Waals surface area contributed by atoms with Gasteiger partial charge in [-0.05, 0) is 23.4 Å². The van der Waals surface area contributed by atoms with Gasteiger partial charge in [0, 0.05) is 18.0 Å². The van der Waals surface area contributed by atoms with Crippen molar-refractivity contribution in [2.24, 2.45) is 0 Å². The summed E-state index contributed by atoms with van der Waals surface area (Å²) in [5.74, 6) is -0.260. The molecule has 0 radical (unpaired) electrons. The molecule has 1 atom stereocenters. The van der Waals surface area contributed by atoms with Gasteiger partial charge < -0.3 is 4.74 Å². The second kappa shape index (κ2) is 7.34. The standard InChI is InChI=1S/C17H17ClN2O2S/c1-23-16-8-13(18)12-7-14(19-9-15(12)20-16)17(21)22-10-11-5-3-2-4-6-11/h2-6,8,14,19H,7,9-10H2,1H3. The fourth-order valence-corrected chi connectivity index (χ4v) is 3.32. The van der Waals surface area contributed by atoms with Crippen LogP contribution >= 0.6 is 23.4 Å². The number of aromatic nitrogens is 1. The van der Waals surface area contributed by atoms with E-state index in [1.165, 1.54) is 0 Å². The van der Waals surface area contributed by atoms with E-state index in [0.717, 1.165) is 21.8 Å². The summed E-state index contributed by atoms with van der Waals surface area (Å²) in [6, 6.07) is 11.1. The van der Waals surface area contributed by atoms with Crippen molar-refractivity contribution < 1.29 is 9.53 Å². The fraction of sp³-hybridized carbons (Fsp3) is 0.294. The predicted molar refractivity (Wildman–Crippen MR) is 91.6 cm³/mol. The molecule has 23 heavy (non-hydrogen) atoms. The second-order valence-electron chi connectivity index (χ2n) is 5.30. The molecule has 2 heterocycles. The smallest absolute Gasteiger partial charge is 0.323 e. The van der Waals surface area contributed by atoms with Gasteiger partial charge in [0.15, 0.2) is 0 Å². The maximum absolute atomic E-state index is 12.3.